The molecule has 0 amide bonds. The molecule has 1 aromatic heterocycles. The van der Waals surface area contributed by atoms with Crippen LogP contribution in [-0.4, -0.2) is 24.0 Å². The van der Waals surface area contributed by atoms with E-state index in [2.05, 4.69) is 52.0 Å². The molecule has 0 atom stereocenters. The SMILES string of the molecule is CN=C(NCc1nc(-c2ccccc2)cs1)NC(C)C.I. The normalized spacial score (nSPS) is 11.1. The minimum Gasteiger partial charge on any atom is -0.354 e. The van der Waals surface area contributed by atoms with Crippen molar-refractivity contribution in [3.8, 4) is 11.3 Å². The zero-order chi connectivity index (χ0) is 14.4. The summed E-state index contributed by atoms with van der Waals surface area (Å²) in [4.78, 5) is 8.82. The molecule has 114 valence electrons. The minimum atomic E-state index is 0. The van der Waals surface area contributed by atoms with E-state index in [1.807, 2.05) is 18.2 Å². The number of aliphatic imine (C=N–C) groups is 1. The molecule has 0 fully saturated rings. The Kier molecular flexibility index (Phi) is 7.66. The van der Waals surface area contributed by atoms with Gasteiger partial charge in [0, 0.05) is 24.0 Å². The summed E-state index contributed by atoms with van der Waals surface area (Å²) in [5, 5.41) is 9.66. The lowest BCUT2D eigenvalue weighted by atomic mass is 10.2. The Morgan fingerprint density at radius 1 is 1.29 bits per heavy atom. The van der Waals surface area contributed by atoms with E-state index < -0.39 is 0 Å². The van der Waals surface area contributed by atoms with E-state index in [-0.39, 0.29) is 24.0 Å². The van der Waals surface area contributed by atoms with Crippen molar-refractivity contribution >= 4 is 41.3 Å². The van der Waals surface area contributed by atoms with E-state index in [0.717, 1.165) is 22.2 Å². The Bertz CT molecular complexity index is 566. The highest BCUT2D eigenvalue weighted by atomic mass is 127. The molecular formula is C15H21IN4S. The van der Waals surface area contributed by atoms with E-state index in [1.54, 1.807) is 18.4 Å². The van der Waals surface area contributed by atoms with Crippen molar-refractivity contribution < 1.29 is 0 Å². The van der Waals surface area contributed by atoms with Crippen LogP contribution in [0.2, 0.25) is 0 Å². The molecule has 2 rings (SSSR count). The number of hydrogen-bond donors (Lipinski definition) is 2. The van der Waals surface area contributed by atoms with Crippen LogP contribution < -0.4 is 10.6 Å². The van der Waals surface area contributed by atoms with Gasteiger partial charge in [-0.25, -0.2) is 4.98 Å². The number of hydrogen-bond acceptors (Lipinski definition) is 3. The summed E-state index contributed by atoms with van der Waals surface area (Å²) in [6.07, 6.45) is 0. The molecule has 0 spiro atoms. The number of nitrogens with zero attached hydrogens (tertiary/aromatic N) is 2. The fourth-order valence-electron chi connectivity index (χ4n) is 1.76. The van der Waals surface area contributed by atoms with Gasteiger partial charge < -0.3 is 10.6 Å². The first-order valence-corrected chi connectivity index (χ1v) is 7.54. The topological polar surface area (TPSA) is 49.3 Å². The van der Waals surface area contributed by atoms with Crippen molar-refractivity contribution in [2.75, 3.05) is 7.05 Å². The van der Waals surface area contributed by atoms with Gasteiger partial charge in [-0.15, -0.1) is 35.3 Å². The van der Waals surface area contributed by atoms with Crippen LogP contribution in [0.25, 0.3) is 11.3 Å². The van der Waals surface area contributed by atoms with Crippen LogP contribution in [0.1, 0.15) is 18.9 Å². The highest BCUT2D eigenvalue weighted by Gasteiger charge is 2.05. The highest BCUT2D eigenvalue weighted by molar-refractivity contribution is 14.0. The zero-order valence-corrected chi connectivity index (χ0v) is 15.6. The van der Waals surface area contributed by atoms with Crippen molar-refractivity contribution in [2.45, 2.75) is 26.4 Å². The van der Waals surface area contributed by atoms with E-state index in [1.165, 1.54) is 0 Å². The lowest BCUT2D eigenvalue weighted by Crippen LogP contribution is -2.40. The zero-order valence-electron chi connectivity index (χ0n) is 12.5. The number of nitrogens with one attached hydrogen (secondary N) is 2. The Morgan fingerprint density at radius 2 is 2.00 bits per heavy atom. The van der Waals surface area contributed by atoms with E-state index >= 15 is 0 Å². The van der Waals surface area contributed by atoms with Crippen LogP contribution in [0, 0.1) is 0 Å². The van der Waals surface area contributed by atoms with Gasteiger partial charge in [0.25, 0.3) is 0 Å². The van der Waals surface area contributed by atoms with Gasteiger partial charge >= 0.3 is 0 Å². The largest absolute Gasteiger partial charge is 0.354 e. The van der Waals surface area contributed by atoms with Gasteiger partial charge in [0.05, 0.1) is 12.2 Å². The van der Waals surface area contributed by atoms with Crippen LogP contribution in [0.15, 0.2) is 40.7 Å². The fourth-order valence-corrected chi connectivity index (χ4v) is 2.50. The van der Waals surface area contributed by atoms with Crippen LogP contribution in [0.5, 0.6) is 0 Å². The summed E-state index contributed by atoms with van der Waals surface area (Å²) >= 11 is 1.66. The van der Waals surface area contributed by atoms with Crippen LogP contribution in [-0.2, 0) is 6.54 Å². The Labute approximate surface area is 147 Å². The summed E-state index contributed by atoms with van der Waals surface area (Å²) < 4.78 is 0. The lowest BCUT2D eigenvalue weighted by Gasteiger charge is -2.13. The maximum absolute atomic E-state index is 4.64. The third-order valence-electron chi connectivity index (χ3n) is 2.68. The molecule has 0 aliphatic carbocycles. The molecular weight excluding hydrogens is 395 g/mol. The first-order chi connectivity index (χ1) is 9.69. The molecule has 21 heavy (non-hydrogen) atoms. The molecule has 0 saturated heterocycles. The fraction of sp³-hybridized carbons (Fsp3) is 0.333. The average Bonchev–Trinajstić information content (AvgIpc) is 2.93. The van der Waals surface area contributed by atoms with Gasteiger partial charge in [-0.2, -0.15) is 0 Å². The molecule has 0 bridgehead atoms. The highest BCUT2D eigenvalue weighted by Crippen LogP contribution is 2.21. The van der Waals surface area contributed by atoms with Crippen molar-refractivity contribution in [1.82, 2.24) is 15.6 Å². The predicted molar refractivity (Wildman–Crippen MR) is 101 cm³/mol. The Hall–Kier alpha value is -1.15. The molecule has 0 aliphatic rings. The van der Waals surface area contributed by atoms with Gasteiger partial charge in [0.1, 0.15) is 5.01 Å². The first-order valence-electron chi connectivity index (χ1n) is 6.66. The maximum atomic E-state index is 4.64. The number of benzene rings is 1. The number of aromatic nitrogens is 1. The molecule has 2 aromatic rings. The van der Waals surface area contributed by atoms with Crippen molar-refractivity contribution in [3.05, 3.63) is 40.7 Å². The summed E-state index contributed by atoms with van der Waals surface area (Å²) in [5.41, 5.74) is 2.18. The predicted octanol–water partition coefficient (Wildman–Crippen LogP) is 3.50. The van der Waals surface area contributed by atoms with E-state index in [4.69, 9.17) is 0 Å². The van der Waals surface area contributed by atoms with Crippen molar-refractivity contribution in [2.24, 2.45) is 4.99 Å². The van der Waals surface area contributed by atoms with Crippen LogP contribution in [0.3, 0.4) is 0 Å². The van der Waals surface area contributed by atoms with Gasteiger partial charge in [-0.3, -0.25) is 4.99 Å². The van der Waals surface area contributed by atoms with Crippen LogP contribution >= 0.6 is 35.3 Å². The van der Waals surface area contributed by atoms with Gasteiger partial charge in [0.15, 0.2) is 5.96 Å². The summed E-state index contributed by atoms with van der Waals surface area (Å²) in [6, 6.07) is 10.6. The molecule has 4 nitrogen and oxygen atoms in total. The average molecular weight is 416 g/mol. The Balaban J connectivity index is 0.00000220. The molecule has 2 N–H and O–H groups in total. The van der Waals surface area contributed by atoms with Crippen molar-refractivity contribution in [3.63, 3.8) is 0 Å². The molecule has 1 heterocycles. The standard InChI is InChI=1S/C15H20N4S.HI/c1-11(2)18-15(16-3)17-9-14-19-13(10-20-14)12-7-5-4-6-8-12;/h4-8,10-11H,9H2,1-3H3,(H2,16,17,18);1H. The quantitative estimate of drug-likeness (QED) is 0.456. The monoisotopic (exact) mass is 416 g/mol. The number of rotatable bonds is 4. The molecule has 0 saturated carbocycles. The third-order valence-corrected chi connectivity index (χ3v) is 3.53. The Morgan fingerprint density at radius 3 is 2.62 bits per heavy atom. The summed E-state index contributed by atoms with van der Waals surface area (Å²) in [6.45, 7) is 4.86. The number of guanidine groups is 1. The third kappa shape index (κ3) is 5.62. The van der Waals surface area contributed by atoms with Crippen molar-refractivity contribution in [1.29, 1.82) is 0 Å². The van der Waals surface area contributed by atoms with E-state index in [0.29, 0.717) is 12.6 Å². The number of halogens is 1. The second-order valence-corrected chi connectivity index (χ2v) is 5.66. The van der Waals surface area contributed by atoms with Gasteiger partial charge in [0.2, 0.25) is 0 Å². The van der Waals surface area contributed by atoms with Crippen LogP contribution in [0.4, 0.5) is 0 Å². The first kappa shape index (κ1) is 17.9. The second-order valence-electron chi connectivity index (χ2n) is 4.72. The minimum absolute atomic E-state index is 0. The molecule has 1 aromatic carbocycles. The van der Waals surface area contributed by atoms with E-state index in [9.17, 15) is 0 Å². The number of thiazole rings is 1. The van der Waals surface area contributed by atoms with Gasteiger partial charge in [-0.1, -0.05) is 30.3 Å². The molecule has 6 heteroatoms. The second kappa shape index (κ2) is 8.99. The van der Waals surface area contributed by atoms with Gasteiger partial charge in [-0.05, 0) is 13.8 Å². The smallest absolute Gasteiger partial charge is 0.191 e. The molecule has 0 aliphatic heterocycles. The summed E-state index contributed by atoms with van der Waals surface area (Å²) in [5.74, 6) is 0.802. The molecule has 0 unspecified atom stereocenters. The summed E-state index contributed by atoms with van der Waals surface area (Å²) in [7, 11) is 1.77. The molecule has 0 radical (unpaired) electrons. The maximum Gasteiger partial charge on any atom is 0.191 e. The lowest BCUT2D eigenvalue weighted by molar-refractivity contribution is 0.699.